The molecule has 1 saturated heterocycles. The average Bonchev–Trinajstić information content (AvgIpc) is 3.54. The molecule has 2 aromatic carbocycles. The summed E-state index contributed by atoms with van der Waals surface area (Å²) >= 11 is 2.49. The predicted molar refractivity (Wildman–Crippen MR) is 153 cm³/mol. The SMILES string of the molecule is CCC(=O)OOC(=O)C1=CS[C@@H]2C(NC(=O)Cc3cccs3)C(=O)N2C1C(=O)OC(c1ccccc1)c1ccccc1. The maximum atomic E-state index is 13.9. The van der Waals surface area contributed by atoms with Gasteiger partial charge < -0.3 is 15.0 Å². The molecule has 2 aliphatic rings. The Hall–Kier alpha value is -4.42. The van der Waals surface area contributed by atoms with Crippen molar-refractivity contribution in [1.82, 2.24) is 10.2 Å². The van der Waals surface area contributed by atoms with Gasteiger partial charge in [-0.25, -0.2) is 24.2 Å². The van der Waals surface area contributed by atoms with Crippen molar-refractivity contribution in [2.75, 3.05) is 0 Å². The minimum atomic E-state index is -1.50. The standard InChI is InChI=1S/C30H26N2O8S2/c1-2-23(34)39-40-29(36)21-17-42-28-24(31-22(33)16-20-14-9-15-41-20)27(35)32(28)25(21)30(37)38-26(18-10-5-3-6-11-18)19-12-7-4-8-13-19/h3-15,17,24-26,28H,2,16H2,1H3,(H,31,33)/t24?,25?,28-/m1/s1. The van der Waals surface area contributed by atoms with E-state index in [2.05, 4.69) is 10.2 Å². The molecule has 0 saturated carbocycles. The number of ether oxygens (including phenoxy) is 1. The third kappa shape index (κ3) is 6.24. The van der Waals surface area contributed by atoms with Gasteiger partial charge in [-0.15, -0.1) is 23.1 Å². The molecule has 1 aromatic heterocycles. The van der Waals surface area contributed by atoms with Crippen LogP contribution in [-0.2, 0) is 44.9 Å². The number of carbonyl (C=O) groups is 5. The molecule has 0 bridgehead atoms. The summed E-state index contributed by atoms with van der Waals surface area (Å²) in [7, 11) is 0. The molecule has 12 heteroatoms. The lowest BCUT2D eigenvalue weighted by molar-refractivity contribution is -0.256. The highest BCUT2D eigenvalue weighted by atomic mass is 32.2. The highest BCUT2D eigenvalue weighted by Crippen LogP contribution is 2.41. The Labute approximate surface area is 249 Å². The number of rotatable bonds is 9. The number of nitrogens with zero attached hydrogens (tertiary/aromatic N) is 1. The van der Waals surface area contributed by atoms with Crippen molar-refractivity contribution >= 4 is 52.8 Å². The Morgan fingerprint density at radius 1 is 0.929 bits per heavy atom. The molecule has 0 aliphatic carbocycles. The van der Waals surface area contributed by atoms with E-state index in [-0.39, 0.29) is 24.3 Å². The molecule has 2 amide bonds. The van der Waals surface area contributed by atoms with Gasteiger partial charge in [0.05, 0.1) is 12.0 Å². The molecule has 3 heterocycles. The first-order chi connectivity index (χ1) is 20.4. The number of β-lactam (4-membered cyclic amide) rings is 1. The van der Waals surface area contributed by atoms with Crippen molar-refractivity contribution in [2.45, 2.75) is 43.3 Å². The molecular weight excluding hydrogens is 580 g/mol. The van der Waals surface area contributed by atoms with Crippen molar-refractivity contribution in [3.63, 3.8) is 0 Å². The molecular formula is C30H26N2O8S2. The van der Waals surface area contributed by atoms with E-state index in [1.165, 1.54) is 28.6 Å². The first-order valence-electron chi connectivity index (χ1n) is 13.1. The second-order valence-electron chi connectivity index (χ2n) is 9.37. The molecule has 3 atom stereocenters. The number of benzene rings is 2. The van der Waals surface area contributed by atoms with Crippen molar-refractivity contribution in [2.24, 2.45) is 0 Å². The monoisotopic (exact) mass is 606 g/mol. The number of esters is 1. The van der Waals surface area contributed by atoms with Gasteiger partial charge in [0.15, 0.2) is 12.1 Å². The van der Waals surface area contributed by atoms with Crippen molar-refractivity contribution in [1.29, 1.82) is 0 Å². The minimum Gasteiger partial charge on any atom is -0.451 e. The predicted octanol–water partition coefficient (Wildman–Crippen LogP) is 3.69. The van der Waals surface area contributed by atoms with Crippen LogP contribution >= 0.6 is 23.1 Å². The molecule has 2 aliphatic heterocycles. The van der Waals surface area contributed by atoms with Crippen molar-refractivity contribution < 1.29 is 38.5 Å². The van der Waals surface area contributed by atoms with E-state index in [4.69, 9.17) is 9.62 Å². The summed E-state index contributed by atoms with van der Waals surface area (Å²) in [6, 6.07) is 19.3. The van der Waals surface area contributed by atoms with Gasteiger partial charge in [0.2, 0.25) is 11.8 Å². The lowest BCUT2D eigenvalue weighted by atomic mass is 9.97. The zero-order valence-corrected chi connectivity index (χ0v) is 24.0. The Bertz CT molecular complexity index is 1450. The first-order valence-corrected chi connectivity index (χ1v) is 14.9. The lowest BCUT2D eigenvalue weighted by Crippen LogP contribution is -2.74. The van der Waals surface area contributed by atoms with Gasteiger partial charge in [0.25, 0.3) is 0 Å². The van der Waals surface area contributed by atoms with Gasteiger partial charge in [-0.1, -0.05) is 73.7 Å². The second kappa shape index (κ2) is 13.0. The van der Waals surface area contributed by atoms with Crippen molar-refractivity contribution in [3.8, 4) is 0 Å². The molecule has 216 valence electrons. The van der Waals surface area contributed by atoms with Crippen LogP contribution in [0.2, 0.25) is 0 Å². The number of carbonyl (C=O) groups excluding carboxylic acids is 5. The number of hydrogen-bond donors (Lipinski definition) is 1. The van der Waals surface area contributed by atoms with E-state index >= 15 is 0 Å². The zero-order chi connectivity index (χ0) is 29.6. The van der Waals surface area contributed by atoms with Gasteiger partial charge in [0, 0.05) is 11.3 Å². The van der Waals surface area contributed by atoms with E-state index in [1.807, 2.05) is 29.6 Å². The summed E-state index contributed by atoms with van der Waals surface area (Å²) < 4.78 is 5.99. The van der Waals surface area contributed by atoms with Crippen LogP contribution in [0, 0.1) is 0 Å². The Morgan fingerprint density at radius 2 is 1.60 bits per heavy atom. The third-order valence-corrected chi connectivity index (χ3v) is 8.66. The molecule has 0 radical (unpaired) electrons. The Morgan fingerprint density at radius 3 is 2.19 bits per heavy atom. The molecule has 3 aromatic rings. The second-order valence-corrected chi connectivity index (χ2v) is 11.4. The van der Waals surface area contributed by atoms with Gasteiger partial charge in [-0.05, 0) is 28.0 Å². The topological polar surface area (TPSA) is 128 Å². The van der Waals surface area contributed by atoms with E-state index in [0.717, 1.165) is 16.6 Å². The Balaban J connectivity index is 1.41. The maximum absolute atomic E-state index is 13.9. The summed E-state index contributed by atoms with van der Waals surface area (Å²) in [5.41, 5.74) is 1.12. The number of nitrogens with one attached hydrogen (secondary N) is 1. The highest BCUT2D eigenvalue weighted by molar-refractivity contribution is 8.03. The summed E-state index contributed by atoms with van der Waals surface area (Å²) in [6.45, 7) is 1.52. The molecule has 1 fully saturated rings. The fourth-order valence-electron chi connectivity index (χ4n) is 4.55. The van der Waals surface area contributed by atoms with E-state index in [9.17, 15) is 24.0 Å². The number of amides is 2. The quantitative estimate of drug-likeness (QED) is 0.168. The number of hydrogen-bond acceptors (Lipinski definition) is 10. The fraction of sp³-hybridized carbons (Fsp3) is 0.233. The minimum absolute atomic E-state index is 0.0398. The Kier molecular flexibility index (Phi) is 9.03. The fourth-order valence-corrected chi connectivity index (χ4v) is 6.46. The molecule has 1 N–H and O–H groups in total. The molecule has 42 heavy (non-hydrogen) atoms. The van der Waals surface area contributed by atoms with Crippen LogP contribution in [0.5, 0.6) is 0 Å². The highest BCUT2D eigenvalue weighted by Gasteiger charge is 2.58. The number of fused-ring (bicyclic) bond motifs is 1. The summed E-state index contributed by atoms with van der Waals surface area (Å²) in [5.74, 6) is -3.69. The van der Waals surface area contributed by atoms with Gasteiger partial charge in [-0.2, -0.15) is 0 Å². The summed E-state index contributed by atoms with van der Waals surface area (Å²) in [6.07, 6.45) is -0.779. The van der Waals surface area contributed by atoms with Crippen LogP contribution in [0.4, 0.5) is 0 Å². The van der Waals surface area contributed by atoms with Gasteiger partial charge in [-0.3, -0.25) is 9.59 Å². The third-order valence-electron chi connectivity index (χ3n) is 6.62. The maximum Gasteiger partial charge on any atom is 0.385 e. The van der Waals surface area contributed by atoms with Crippen LogP contribution < -0.4 is 5.32 Å². The summed E-state index contributed by atoms with van der Waals surface area (Å²) in [4.78, 5) is 75.7. The van der Waals surface area contributed by atoms with Crippen LogP contribution in [0.25, 0.3) is 0 Å². The molecule has 5 rings (SSSR count). The molecule has 0 spiro atoms. The van der Waals surface area contributed by atoms with E-state index in [0.29, 0.717) is 11.1 Å². The van der Waals surface area contributed by atoms with Crippen molar-refractivity contribution in [3.05, 3.63) is 105 Å². The van der Waals surface area contributed by atoms with E-state index in [1.54, 1.807) is 48.5 Å². The van der Waals surface area contributed by atoms with Crippen LogP contribution in [0.3, 0.4) is 0 Å². The molecule has 10 nitrogen and oxygen atoms in total. The molecule has 2 unspecified atom stereocenters. The average molecular weight is 607 g/mol. The van der Waals surface area contributed by atoms with Gasteiger partial charge >= 0.3 is 17.9 Å². The smallest absolute Gasteiger partial charge is 0.385 e. The number of thiophene rings is 1. The number of thioether (sulfide) groups is 1. The lowest BCUT2D eigenvalue weighted by Gasteiger charge is -2.51. The van der Waals surface area contributed by atoms with Gasteiger partial charge in [0.1, 0.15) is 11.4 Å². The van der Waals surface area contributed by atoms with E-state index < -0.39 is 47.4 Å². The zero-order valence-electron chi connectivity index (χ0n) is 22.3. The largest absolute Gasteiger partial charge is 0.451 e. The van der Waals surface area contributed by atoms with Crippen LogP contribution in [0.15, 0.2) is 89.2 Å². The first kappa shape index (κ1) is 29.1. The van der Waals surface area contributed by atoms with Crippen LogP contribution in [-0.4, -0.2) is 52.1 Å². The van der Waals surface area contributed by atoms with Crippen LogP contribution in [0.1, 0.15) is 35.5 Å². The summed E-state index contributed by atoms with van der Waals surface area (Å²) in [5, 5.41) is 5.29. The normalized spacial score (nSPS) is 19.2.